The van der Waals surface area contributed by atoms with E-state index in [-0.39, 0.29) is 0 Å². The number of benzene rings is 2. The van der Waals surface area contributed by atoms with E-state index in [0.29, 0.717) is 31.0 Å². The number of ether oxygens (including phenoxy) is 1. The Balaban J connectivity index is 1.71. The van der Waals surface area contributed by atoms with Crippen LogP contribution in [0.5, 0.6) is 5.75 Å². The van der Waals surface area contributed by atoms with Gasteiger partial charge in [-0.3, -0.25) is 0 Å². The Hall–Kier alpha value is -3.00. The van der Waals surface area contributed by atoms with Gasteiger partial charge in [0.15, 0.2) is 0 Å². The summed E-state index contributed by atoms with van der Waals surface area (Å²) in [5.74, 6) is 0.707. The Morgan fingerprint density at radius 3 is 2.91 bits per heavy atom. The molecule has 1 aliphatic rings. The predicted octanol–water partition coefficient (Wildman–Crippen LogP) is 3.17. The molecule has 0 aliphatic carbocycles. The van der Waals surface area contributed by atoms with Crippen molar-refractivity contribution in [2.24, 2.45) is 0 Å². The maximum Gasteiger partial charge on any atom is 0.407 e. The number of amides is 1. The summed E-state index contributed by atoms with van der Waals surface area (Å²) in [4.78, 5) is 12.5. The summed E-state index contributed by atoms with van der Waals surface area (Å²) in [6, 6.07) is 15.2. The molecule has 116 valence electrons. The van der Waals surface area contributed by atoms with Crippen LogP contribution in [-0.2, 0) is 19.6 Å². The summed E-state index contributed by atoms with van der Waals surface area (Å²) < 4.78 is 5.78. The van der Waals surface area contributed by atoms with Crippen molar-refractivity contribution in [3.8, 4) is 11.8 Å². The Kier molecular flexibility index (Phi) is 4.15. The first-order chi connectivity index (χ1) is 11.2. The molecule has 1 N–H and O–H groups in total. The highest BCUT2D eigenvalue weighted by molar-refractivity contribution is 5.65. The zero-order valence-corrected chi connectivity index (χ0v) is 12.5. The quantitative estimate of drug-likeness (QED) is 0.945. The molecule has 2 aromatic rings. The summed E-state index contributed by atoms with van der Waals surface area (Å²) in [5, 5.41) is 18.0. The molecule has 0 radical (unpaired) electrons. The fraction of sp³-hybridized carbons (Fsp3) is 0.222. The highest BCUT2D eigenvalue weighted by Crippen LogP contribution is 2.24. The second kappa shape index (κ2) is 6.41. The first kappa shape index (κ1) is 14.9. The Morgan fingerprint density at radius 1 is 1.26 bits per heavy atom. The van der Waals surface area contributed by atoms with Gasteiger partial charge in [0.2, 0.25) is 0 Å². The van der Waals surface area contributed by atoms with Gasteiger partial charge in [0.05, 0.1) is 11.6 Å². The third-order valence-corrected chi connectivity index (χ3v) is 3.92. The fourth-order valence-corrected chi connectivity index (χ4v) is 2.68. The van der Waals surface area contributed by atoms with Crippen molar-refractivity contribution in [2.45, 2.75) is 19.6 Å². The van der Waals surface area contributed by atoms with E-state index < -0.39 is 6.09 Å². The topological polar surface area (TPSA) is 73.6 Å². The molecule has 0 fully saturated rings. The first-order valence-corrected chi connectivity index (χ1v) is 7.37. The van der Waals surface area contributed by atoms with Crippen molar-refractivity contribution < 1.29 is 14.6 Å². The molecule has 0 bridgehead atoms. The summed E-state index contributed by atoms with van der Waals surface area (Å²) in [6.07, 6.45) is -0.165. The van der Waals surface area contributed by atoms with Crippen molar-refractivity contribution in [1.29, 1.82) is 5.26 Å². The smallest absolute Gasteiger partial charge is 0.407 e. The van der Waals surface area contributed by atoms with E-state index in [1.54, 1.807) is 12.1 Å². The molecular weight excluding hydrogens is 292 g/mol. The number of rotatable bonds is 3. The molecule has 2 aromatic carbocycles. The van der Waals surface area contributed by atoms with Crippen LogP contribution in [0.4, 0.5) is 4.79 Å². The number of fused-ring (bicyclic) bond motifs is 1. The molecular formula is C18H16N2O3. The normalized spacial score (nSPS) is 13.1. The van der Waals surface area contributed by atoms with Crippen LogP contribution in [0, 0.1) is 11.3 Å². The van der Waals surface area contributed by atoms with Crippen molar-refractivity contribution in [3.63, 3.8) is 0 Å². The lowest BCUT2D eigenvalue weighted by molar-refractivity contribution is 0.140. The summed E-state index contributed by atoms with van der Waals surface area (Å²) in [5.41, 5.74) is 3.69. The molecule has 1 heterocycles. The van der Waals surface area contributed by atoms with Gasteiger partial charge in [-0.2, -0.15) is 5.26 Å². The van der Waals surface area contributed by atoms with Crippen molar-refractivity contribution in [1.82, 2.24) is 4.90 Å². The lowest BCUT2D eigenvalue weighted by atomic mass is 10.00. The third kappa shape index (κ3) is 3.43. The fourth-order valence-electron chi connectivity index (χ4n) is 2.68. The van der Waals surface area contributed by atoms with Crippen LogP contribution in [0.1, 0.15) is 22.3 Å². The van der Waals surface area contributed by atoms with E-state index in [2.05, 4.69) is 6.07 Å². The number of carboxylic acid groups (broad SMARTS) is 1. The lowest BCUT2D eigenvalue weighted by Gasteiger charge is -2.26. The van der Waals surface area contributed by atoms with Gasteiger partial charge in [0.1, 0.15) is 12.4 Å². The maximum absolute atomic E-state index is 11.1. The van der Waals surface area contributed by atoms with E-state index in [1.807, 2.05) is 30.3 Å². The van der Waals surface area contributed by atoms with Gasteiger partial charge in [-0.25, -0.2) is 4.79 Å². The minimum absolute atomic E-state index is 0.372. The molecule has 0 spiro atoms. The molecule has 1 aliphatic heterocycles. The second-order valence-corrected chi connectivity index (χ2v) is 5.49. The minimum Gasteiger partial charge on any atom is -0.489 e. The van der Waals surface area contributed by atoms with E-state index in [9.17, 15) is 4.79 Å². The molecule has 0 atom stereocenters. The van der Waals surface area contributed by atoms with Crippen LogP contribution in [0.3, 0.4) is 0 Å². The van der Waals surface area contributed by atoms with Crippen molar-refractivity contribution in [3.05, 3.63) is 64.7 Å². The van der Waals surface area contributed by atoms with E-state index >= 15 is 0 Å². The van der Waals surface area contributed by atoms with Gasteiger partial charge in [-0.1, -0.05) is 18.2 Å². The highest BCUT2D eigenvalue weighted by atomic mass is 16.5. The van der Waals surface area contributed by atoms with Gasteiger partial charge in [-0.15, -0.1) is 0 Å². The monoisotopic (exact) mass is 308 g/mol. The number of hydrogen-bond acceptors (Lipinski definition) is 3. The Morgan fingerprint density at radius 2 is 2.13 bits per heavy atom. The van der Waals surface area contributed by atoms with Crippen LogP contribution < -0.4 is 4.74 Å². The zero-order chi connectivity index (χ0) is 16.2. The molecule has 5 nitrogen and oxygen atoms in total. The number of nitriles is 1. The van der Waals surface area contributed by atoms with Crippen molar-refractivity contribution in [2.75, 3.05) is 6.54 Å². The van der Waals surface area contributed by atoms with Crippen LogP contribution in [0.25, 0.3) is 0 Å². The van der Waals surface area contributed by atoms with Gasteiger partial charge >= 0.3 is 6.09 Å². The summed E-state index contributed by atoms with van der Waals surface area (Å²) >= 11 is 0. The number of carbonyl (C=O) groups is 1. The number of hydrogen-bond donors (Lipinski definition) is 1. The van der Waals surface area contributed by atoms with Gasteiger partial charge < -0.3 is 14.7 Å². The van der Waals surface area contributed by atoms with Gasteiger partial charge in [0, 0.05) is 13.1 Å². The van der Waals surface area contributed by atoms with E-state index in [4.69, 9.17) is 15.1 Å². The van der Waals surface area contributed by atoms with Gasteiger partial charge in [0.25, 0.3) is 0 Å². The first-order valence-electron chi connectivity index (χ1n) is 7.37. The Bertz CT molecular complexity index is 780. The zero-order valence-electron chi connectivity index (χ0n) is 12.5. The second-order valence-electron chi connectivity index (χ2n) is 5.49. The van der Waals surface area contributed by atoms with Crippen molar-refractivity contribution >= 4 is 6.09 Å². The average molecular weight is 308 g/mol. The molecule has 0 saturated carbocycles. The molecule has 1 amide bonds. The van der Waals surface area contributed by atoms with E-state index in [1.165, 1.54) is 10.5 Å². The van der Waals surface area contributed by atoms with E-state index in [0.717, 1.165) is 17.5 Å². The Labute approximate surface area is 134 Å². The largest absolute Gasteiger partial charge is 0.489 e. The SMILES string of the molecule is N#Cc1cccc(COc2ccc3c(c2)CN(C(=O)O)CC3)c1. The summed E-state index contributed by atoms with van der Waals surface area (Å²) in [6.45, 7) is 1.30. The molecule has 0 saturated heterocycles. The predicted molar refractivity (Wildman–Crippen MR) is 84.1 cm³/mol. The van der Waals surface area contributed by atoms with Crippen LogP contribution >= 0.6 is 0 Å². The minimum atomic E-state index is -0.893. The molecule has 5 heteroatoms. The summed E-state index contributed by atoms with van der Waals surface area (Å²) in [7, 11) is 0. The third-order valence-electron chi connectivity index (χ3n) is 3.92. The number of nitrogens with zero attached hydrogens (tertiary/aromatic N) is 2. The lowest BCUT2D eigenvalue weighted by Crippen LogP contribution is -2.34. The molecule has 0 unspecified atom stereocenters. The standard InChI is InChI=1S/C18H16N2O3/c19-10-13-2-1-3-14(8-13)12-23-17-5-4-15-6-7-20(18(21)22)11-16(15)9-17/h1-5,8-9H,6-7,11-12H2,(H,21,22). The highest BCUT2D eigenvalue weighted by Gasteiger charge is 2.20. The van der Waals surface area contributed by atoms with Crippen LogP contribution in [0.15, 0.2) is 42.5 Å². The van der Waals surface area contributed by atoms with Crippen LogP contribution in [-0.4, -0.2) is 22.6 Å². The van der Waals surface area contributed by atoms with Gasteiger partial charge in [-0.05, 0) is 47.4 Å². The molecule has 23 heavy (non-hydrogen) atoms. The maximum atomic E-state index is 11.1. The van der Waals surface area contributed by atoms with Crippen LogP contribution in [0.2, 0.25) is 0 Å². The molecule has 3 rings (SSSR count). The molecule has 0 aromatic heterocycles. The average Bonchev–Trinajstić information content (AvgIpc) is 2.59.